The van der Waals surface area contributed by atoms with E-state index in [9.17, 15) is 5.11 Å². The van der Waals surface area contributed by atoms with Crippen molar-refractivity contribution in [3.63, 3.8) is 0 Å². The van der Waals surface area contributed by atoms with Gasteiger partial charge in [0.2, 0.25) is 0 Å². The van der Waals surface area contributed by atoms with E-state index >= 15 is 0 Å². The lowest BCUT2D eigenvalue weighted by atomic mass is 9.95. The molecule has 1 saturated carbocycles. The maximum atomic E-state index is 10.4. The molecule has 0 bridgehead atoms. The number of hydrogen-bond acceptors (Lipinski definition) is 2. The second-order valence-electron chi connectivity index (χ2n) is 5.46. The van der Waals surface area contributed by atoms with Gasteiger partial charge in [-0.25, -0.2) is 0 Å². The maximum absolute atomic E-state index is 10.4. The Bertz CT molecular complexity index is 358. The van der Waals surface area contributed by atoms with E-state index in [1.165, 1.54) is 18.4 Å². The van der Waals surface area contributed by atoms with Crippen LogP contribution in [0, 0.1) is 5.92 Å². The number of aliphatic hydroxyl groups excluding tert-OH is 1. The van der Waals surface area contributed by atoms with Gasteiger partial charge in [0.25, 0.3) is 0 Å². The zero-order chi connectivity index (χ0) is 11.7. The number of piperidine rings is 1. The van der Waals surface area contributed by atoms with Gasteiger partial charge in [-0.05, 0) is 43.2 Å². The molecule has 1 saturated heterocycles. The van der Waals surface area contributed by atoms with Crippen LogP contribution in [0.2, 0.25) is 0 Å². The van der Waals surface area contributed by atoms with Crippen LogP contribution in [0.1, 0.15) is 37.2 Å². The number of nitrogens with one attached hydrogen (secondary N) is 1. The Morgan fingerprint density at radius 3 is 2.71 bits per heavy atom. The third-order valence-electron chi connectivity index (χ3n) is 4.27. The van der Waals surface area contributed by atoms with Crippen LogP contribution in [0.5, 0.6) is 0 Å². The first kappa shape index (κ1) is 11.2. The van der Waals surface area contributed by atoms with Crippen LogP contribution >= 0.6 is 0 Å². The maximum Gasteiger partial charge on any atom is 0.0727 e. The average Bonchev–Trinajstić information content (AvgIpc) is 3.20. The lowest BCUT2D eigenvalue weighted by molar-refractivity contribution is 0.0912. The van der Waals surface area contributed by atoms with Crippen molar-refractivity contribution >= 4 is 0 Å². The van der Waals surface area contributed by atoms with Crippen molar-refractivity contribution in [3.8, 4) is 0 Å². The Kier molecular flexibility index (Phi) is 3.17. The normalized spacial score (nSPS) is 34.3. The zero-order valence-corrected chi connectivity index (χ0v) is 10.2. The summed E-state index contributed by atoms with van der Waals surface area (Å²) >= 11 is 0. The molecule has 2 nitrogen and oxygen atoms in total. The third kappa shape index (κ3) is 2.38. The molecule has 2 fully saturated rings. The molecule has 2 heteroatoms. The van der Waals surface area contributed by atoms with E-state index in [4.69, 9.17) is 0 Å². The topological polar surface area (TPSA) is 32.3 Å². The molecule has 0 aromatic heterocycles. The average molecular weight is 231 g/mol. The van der Waals surface area contributed by atoms with Crippen LogP contribution < -0.4 is 5.32 Å². The fraction of sp³-hybridized carbons (Fsp3) is 0.600. The van der Waals surface area contributed by atoms with Gasteiger partial charge in [-0.1, -0.05) is 36.8 Å². The molecule has 1 aliphatic heterocycles. The summed E-state index contributed by atoms with van der Waals surface area (Å²) < 4.78 is 0. The molecule has 1 aromatic rings. The van der Waals surface area contributed by atoms with Gasteiger partial charge in [0.1, 0.15) is 0 Å². The zero-order valence-electron chi connectivity index (χ0n) is 10.2. The highest BCUT2D eigenvalue weighted by Gasteiger charge is 2.45. The first-order chi connectivity index (χ1) is 8.36. The quantitative estimate of drug-likeness (QED) is 0.836. The first-order valence-electron chi connectivity index (χ1n) is 6.82. The van der Waals surface area contributed by atoms with Gasteiger partial charge in [0.05, 0.1) is 6.10 Å². The van der Waals surface area contributed by atoms with Gasteiger partial charge >= 0.3 is 0 Å². The summed E-state index contributed by atoms with van der Waals surface area (Å²) in [6.45, 7) is 1.07. The van der Waals surface area contributed by atoms with Crippen molar-refractivity contribution < 1.29 is 5.11 Å². The molecule has 4 atom stereocenters. The van der Waals surface area contributed by atoms with Gasteiger partial charge in [-0.2, -0.15) is 0 Å². The largest absolute Gasteiger partial charge is 0.391 e. The summed E-state index contributed by atoms with van der Waals surface area (Å²) in [5.74, 6) is 1.07. The molecule has 4 unspecified atom stereocenters. The van der Waals surface area contributed by atoms with Crippen molar-refractivity contribution in [2.24, 2.45) is 5.92 Å². The van der Waals surface area contributed by atoms with Gasteiger partial charge in [-0.3, -0.25) is 0 Å². The molecule has 0 spiro atoms. The van der Waals surface area contributed by atoms with E-state index in [-0.39, 0.29) is 6.10 Å². The number of rotatable bonds is 3. The molecule has 0 radical (unpaired) electrons. The van der Waals surface area contributed by atoms with Crippen molar-refractivity contribution in [1.82, 2.24) is 5.32 Å². The van der Waals surface area contributed by atoms with Crippen LogP contribution in [-0.2, 0) is 0 Å². The third-order valence-corrected chi connectivity index (χ3v) is 4.27. The Morgan fingerprint density at radius 2 is 2.00 bits per heavy atom. The standard InChI is InChI=1S/C15H21NO/c17-15(14-8-4-5-9-16-14)13-10-12(13)11-6-2-1-3-7-11/h1-3,6-7,12-17H,4-5,8-10H2. The summed E-state index contributed by atoms with van der Waals surface area (Å²) in [6.07, 6.45) is 4.66. The van der Waals surface area contributed by atoms with E-state index in [1.54, 1.807) is 0 Å². The minimum absolute atomic E-state index is 0.152. The molecule has 0 amide bonds. The minimum atomic E-state index is -0.152. The molecule has 17 heavy (non-hydrogen) atoms. The summed E-state index contributed by atoms with van der Waals surface area (Å²) in [4.78, 5) is 0. The molecular formula is C15H21NO. The van der Waals surface area contributed by atoms with Crippen molar-refractivity contribution in [2.75, 3.05) is 6.54 Å². The Hall–Kier alpha value is -0.860. The lowest BCUT2D eigenvalue weighted by Crippen LogP contribution is -2.44. The smallest absolute Gasteiger partial charge is 0.0727 e. The molecule has 1 aliphatic carbocycles. The van der Waals surface area contributed by atoms with E-state index in [1.807, 2.05) is 0 Å². The van der Waals surface area contributed by atoms with E-state index in [2.05, 4.69) is 35.6 Å². The summed E-state index contributed by atoms with van der Waals surface area (Å²) in [5.41, 5.74) is 1.40. The molecule has 3 rings (SSSR count). The fourth-order valence-corrected chi connectivity index (χ4v) is 3.14. The highest BCUT2D eigenvalue weighted by atomic mass is 16.3. The van der Waals surface area contributed by atoms with Crippen LogP contribution in [0.3, 0.4) is 0 Å². The highest BCUT2D eigenvalue weighted by Crippen LogP contribution is 2.50. The van der Waals surface area contributed by atoms with Crippen LogP contribution in [0.15, 0.2) is 30.3 Å². The van der Waals surface area contributed by atoms with Gasteiger partial charge in [0.15, 0.2) is 0 Å². The van der Waals surface area contributed by atoms with Crippen molar-refractivity contribution in [1.29, 1.82) is 0 Å². The predicted molar refractivity (Wildman–Crippen MR) is 68.9 cm³/mol. The molecule has 1 aromatic carbocycles. The Balaban J connectivity index is 1.60. The van der Waals surface area contributed by atoms with Crippen LogP contribution in [0.25, 0.3) is 0 Å². The number of hydrogen-bond donors (Lipinski definition) is 2. The summed E-state index contributed by atoms with van der Waals surface area (Å²) in [6, 6.07) is 10.9. The molecule has 2 aliphatic rings. The number of benzene rings is 1. The summed E-state index contributed by atoms with van der Waals surface area (Å²) in [5, 5.41) is 13.8. The van der Waals surface area contributed by atoms with Gasteiger partial charge < -0.3 is 10.4 Å². The van der Waals surface area contributed by atoms with E-state index < -0.39 is 0 Å². The van der Waals surface area contributed by atoms with Crippen LogP contribution in [0.4, 0.5) is 0 Å². The second kappa shape index (κ2) is 4.79. The minimum Gasteiger partial charge on any atom is -0.391 e. The predicted octanol–water partition coefficient (Wildman–Crippen LogP) is 2.29. The molecular weight excluding hydrogens is 210 g/mol. The monoisotopic (exact) mass is 231 g/mol. The fourth-order valence-electron chi connectivity index (χ4n) is 3.14. The SMILES string of the molecule is OC(C1CCCCN1)C1CC1c1ccccc1. The summed E-state index contributed by atoms with van der Waals surface area (Å²) in [7, 11) is 0. The Morgan fingerprint density at radius 1 is 1.18 bits per heavy atom. The highest BCUT2D eigenvalue weighted by molar-refractivity contribution is 5.26. The number of aliphatic hydroxyl groups is 1. The van der Waals surface area contributed by atoms with Crippen LogP contribution in [-0.4, -0.2) is 23.8 Å². The Labute approximate surface area is 103 Å². The molecule has 2 N–H and O–H groups in total. The molecule has 92 valence electrons. The first-order valence-corrected chi connectivity index (χ1v) is 6.82. The second-order valence-corrected chi connectivity index (χ2v) is 5.46. The van der Waals surface area contributed by atoms with Crippen molar-refractivity contribution in [2.45, 2.75) is 43.7 Å². The van der Waals surface area contributed by atoms with E-state index in [0.29, 0.717) is 17.9 Å². The van der Waals surface area contributed by atoms with E-state index in [0.717, 1.165) is 19.4 Å². The molecule has 1 heterocycles. The van der Waals surface area contributed by atoms with Gasteiger partial charge in [-0.15, -0.1) is 0 Å². The lowest BCUT2D eigenvalue weighted by Gasteiger charge is -2.28. The van der Waals surface area contributed by atoms with Crippen molar-refractivity contribution in [3.05, 3.63) is 35.9 Å². The van der Waals surface area contributed by atoms with Gasteiger partial charge in [0, 0.05) is 6.04 Å².